The first kappa shape index (κ1) is 20.3. The highest BCUT2D eigenvalue weighted by atomic mass is 35.5. The molecule has 0 fully saturated rings. The van der Waals surface area contributed by atoms with Crippen molar-refractivity contribution in [3.8, 4) is 0 Å². The van der Waals surface area contributed by atoms with Crippen LogP contribution in [0, 0.1) is 0 Å². The Morgan fingerprint density at radius 2 is 1.85 bits per heavy atom. The molecule has 0 spiro atoms. The highest BCUT2D eigenvalue weighted by molar-refractivity contribution is 7.92. The average molecular weight is 395 g/mol. The highest BCUT2D eigenvalue weighted by Crippen LogP contribution is 2.22. The van der Waals surface area contributed by atoms with Gasteiger partial charge in [-0.1, -0.05) is 48.9 Å². The second-order valence-corrected chi connectivity index (χ2v) is 8.48. The van der Waals surface area contributed by atoms with Crippen molar-refractivity contribution in [3.05, 3.63) is 64.7 Å². The number of nitrogens with one attached hydrogen (secondary N) is 1. The Labute approximate surface area is 160 Å². The van der Waals surface area contributed by atoms with Gasteiger partial charge in [0.05, 0.1) is 18.0 Å². The third-order valence-corrected chi connectivity index (χ3v) is 5.42. The van der Waals surface area contributed by atoms with E-state index in [1.165, 1.54) is 11.6 Å². The van der Waals surface area contributed by atoms with Gasteiger partial charge >= 0.3 is 0 Å². The van der Waals surface area contributed by atoms with Crippen LogP contribution in [0.25, 0.3) is 0 Å². The molecule has 5 nitrogen and oxygen atoms in total. The van der Waals surface area contributed by atoms with Crippen molar-refractivity contribution in [3.63, 3.8) is 0 Å². The van der Waals surface area contributed by atoms with Gasteiger partial charge in [0, 0.05) is 5.02 Å². The monoisotopic (exact) mass is 394 g/mol. The van der Waals surface area contributed by atoms with Gasteiger partial charge in [-0.2, -0.15) is 0 Å². The summed E-state index contributed by atoms with van der Waals surface area (Å²) >= 11 is 5.94. The van der Waals surface area contributed by atoms with Gasteiger partial charge in [-0.15, -0.1) is 0 Å². The van der Waals surface area contributed by atoms with Crippen LogP contribution in [0.5, 0.6) is 0 Å². The van der Waals surface area contributed by atoms with E-state index in [-0.39, 0.29) is 18.5 Å². The zero-order valence-electron chi connectivity index (χ0n) is 15.1. The highest BCUT2D eigenvalue weighted by Gasteiger charge is 2.22. The van der Waals surface area contributed by atoms with E-state index in [9.17, 15) is 13.2 Å². The Morgan fingerprint density at radius 3 is 2.38 bits per heavy atom. The number of aryl methyl sites for hydroxylation is 1. The van der Waals surface area contributed by atoms with Crippen LogP contribution < -0.4 is 9.62 Å². The SMILES string of the molecule is CCc1ccc([C@@H](C)NC(=O)CN(c2cccc(Cl)c2)S(C)(=O)=O)cc1. The third-order valence-electron chi connectivity index (χ3n) is 4.05. The standard InChI is InChI=1S/C19H23ClN2O3S/c1-4-15-8-10-16(11-9-15)14(2)21-19(23)13-22(26(3,24)25)18-7-5-6-17(20)12-18/h5-12,14H,4,13H2,1-3H3,(H,21,23)/t14-/m1/s1. The van der Waals surface area contributed by atoms with Crippen molar-refractivity contribution >= 4 is 33.2 Å². The fourth-order valence-electron chi connectivity index (χ4n) is 2.57. The number of carbonyl (C=O) groups excluding carboxylic acids is 1. The predicted octanol–water partition coefficient (Wildman–Crippen LogP) is 3.55. The number of hydrogen-bond acceptors (Lipinski definition) is 3. The van der Waals surface area contributed by atoms with Crippen LogP contribution in [0.15, 0.2) is 48.5 Å². The summed E-state index contributed by atoms with van der Waals surface area (Å²) in [4.78, 5) is 12.4. The van der Waals surface area contributed by atoms with Crippen LogP contribution >= 0.6 is 11.6 Å². The lowest BCUT2D eigenvalue weighted by molar-refractivity contribution is -0.120. The lowest BCUT2D eigenvalue weighted by Gasteiger charge is -2.23. The molecule has 0 saturated heterocycles. The maximum atomic E-state index is 12.4. The minimum atomic E-state index is -3.63. The van der Waals surface area contributed by atoms with Gasteiger partial charge in [-0.05, 0) is 42.7 Å². The van der Waals surface area contributed by atoms with E-state index in [4.69, 9.17) is 11.6 Å². The smallest absolute Gasteiger partial charge is 0.241 e. The molecule has 0 aliphatic carbocycles. The fraction of sp³-hybridized carbons (Fsp3) is 0.316. The molecule has 140 valence electrons. The van der Waals surface area contributed by atoms with E-state index in [1.54, 1.807) is 18.2 Å². The molecule has 0 heterocycles. The van der Waals surface area contributed by atoms with Gasteiger partial charge in [0.25, 0.3) is 0 Å². The Bertz CT molecular complexity index is 867. The molecule has 0 unspecified atom stereocenters. The van der Waals surface area contributed by atoms with Crippen molar-refractivity contribution in [2.45, 2.75) is 26.3 Å². The molecule has 0 saturated carbocycles. The first-order valence-corrected chi connectivity index (χ1v) is 10.5. The number of nitrogens with zero attached hydrogens (tertiary/aromatic N) is 1. The summed E-state index contributed by atoms with van der Waals surface area (Å²) in [5.74, 6) is -0.387. The van der Waals surface area contributed by atoms with E-state index in [0.29, 0.717) is 10.7 Å². The Balaban J connectivity index is 2.11. The number of rotatable bonds is 7. The first-order valence-electron chi connectivity index (χ1n) is 8.32. The maximum Gasteiger partial charge on any atom is 0.241 e. The second kappa shape index (κ2) is 8.56. The lowest BCUT2D eigenvalue weighted by atomic mass is 10.1. The number of hydrogen-bond donors (Lipinski definition) is 1. The number of anilines is 1. The van der Waals surface area contributed by atoms with Crippen molar-refractivity contribution in [2.75, 3.05) is 17.1 Å². The summed E-state index contributed by atoms with van der Waals surface area (Å²) in [5.41, 5.74) is 2.54. The van der Waals surface area contributed by atoms with Gasteiger partial charge in [0.15, 0.2) is 0 Å². The summed E-state index contributed by atoms with van der Waals surface area (Å²) in [6.45, 7) is 3.63. The maximum absolute atomic E-state index is 12.4. The van der Waals surface area contributed by atoms with Gasteiger partial charge in [-0.3, -0.25) is 9.10 Å². The van der Waals surface area contributed by atoms with Crippen LogP contribution in [0.3, 0.4) is 0 Å². The van der Waals surface area contributed by atoms with Gasteiger partial charge in [-0.25, -0.2) is 8.42 Å². The van der Waals surface area contributed by atoms with Crippen molar-refractivity contribution in [1.82, 2.24) is 5.32 Å². The molecule has 7 heteroatoms. The van der Waals surface area contributed by atoms with E-state index in [2.05, 4.69) is 12.2 Å². The topological polar surface area (TPSA) is 66.5 Å². The number of amides is 1. The van der Waals surface area contributed by atoms with Crippen LogP contribution in [0.2, 0.25) is 5.02 Å². The van der Waals surface area contributed by atoms with Crippen molar-refractivity contribution in [2.24, 2.45) is 0 Å². The van der Waals surface area contributed by atoms with Crippen LogP contribution in [-0.4, -0.2) is 27.1 Å². The molecule has 1 amide bonds. The summed E-state index contributed by atoms with van der Waals surface area (Å²) in [6.07, 6.45) is 2.01. The molecule has 2 aromatic rings. The summed E-state index contributed by atoms with van der Waals surface area (Å²) < 4.78 is 25.3. The quantitative estimate of drug-likeness (QED) is 0.780. The summed E-state index contributed by atoms with van der Waals surface area (Å²) in [7, 11) is -3.63. The molecule has 0 aromatic heterocycles. The number of sulfonamides is 1. The summed E-state index contributed by atoms with van der Waals surface area (Å²) in [5, 5.41) is 3.25. The molecule has 0 aliphatic rings. The normalized spacial score (nSPS) is 12.5. The van der Waals surface area contributed by atoms with E-state index < -0.39 is 10.0 Å². The second-order valence-electron chi connectivity index (χ2n) is 6.13. The number of halogens is 1. The van der Waals surface area contributed by atoms with Gasteiger partial charge < -0.3 is 5.32 Å². The fourth-order valence-corrected chi connectivity index (χ4v) is 3.61. The van der Waals surface area contributed by atoms with Crippen LogP contribution in [-0.2, 0) is 21.2 Å². The van der Waals surface area contributed by atoms with Crippen LogP contribution in [0.4, 0.5) is 5.69 Å². The third kappa shape index (κ3) is 5.47. The van der Waals surface area contributed by atoms with E-state index >= 15 is 0 Å². The minimum Gasteiger partial charge on any atom is -0.348 e. The Hall–Kier alpha value is -2.05. The molecule has 26 heavy (non-hydrogen) atoms. The zero-order valence-corrected chi connectivity index (χ0v) is 16.6. The molecule has 0 bridgehead atoms. The predicted molar refractivity (Wildman–Crippen MR) is 106 cm³/mol. The lowest BCUT2D eigenvalue weighted by Crippen LogP contribution is -2.41. The molecule has 2 aromatic carbocycles. The minimum absolute atomic E-state index is 0.228. The molecule has 1 N–H and O–H groups in total. The number of carbonyl (C=O) groups is 1. The Morgan fingerprint density at radius 1 is 1.19 bits per heavy atom. The molecule has 0 aliphatic heterocycles. The number of benzene rings is 2. The summed E-state index contributed by atoms with van der Waals surface area (Å²) in [6, 6.07) is 14.2. The first-order chi connectivity index (χ1) is 12.2. The molecule has 1 atom stereocenters. The van der Waals surface area contributed by atoms with Gasteiger partial charge in [0.2, 0.25) is 15.9 Å². The Kier molecular flexibility index (Phi) is 6.67. The van der Waals surface area contributed by atoms with E-state index in [0.717, 1.165) is 22.5 Å². The van der Waals surface area contributed by atoms with Gasteiger partial charge in [0.1, 0.15) is 6.54 Å². The van der Waals surface area contributed by atoms with E-state index in [1.807, 2.05) is 31.2 Å². The van der Waals surface area contributed by atoms with Crippen LogP contribution in [0.1, 0.15) is 31.0 Å². The zero-order chi connectivity index (χ0) is 19.3. The van der Waals surface area contributed by atoms with Crippen molar-refractivity contribution in [1.29, 1.82) is 0 Å². The molecular weight excluding hydrogens is 372 g/mol. The largest absolute Gasteiger partial charge is 0.348 e. The average Bonchev–Trinajstić information content (AvgIpc) is 2.58. The molecule has 2 rings (SSSR count). The molecular formula is C19H23ClN2O3S. The molecule has 0 radical (unpaired) electrons. The van der Waals surface area contributed by atoms with Crippen molar-refractivity contribution < 1.29 is 13.2 Å².